The first kappa shape index (κ1) is 27.9. The zero-order valence-electron chi connectivity index (χ0n) is 20.4. The van der Waals surface area contributed by atoms with Gasteiger partial charge in [-0.3, -0.25) is 19.2 Å². The van der Waals surface area contributed by atoms with Crippen LogP contribution in [0.2, 0.25) is 0 Å². The largest absolute Gasteiger partial charge is 0.480 e. The molecule has 0 aliphatic rings. The standard InChI is InChI=1S/C24H30N8O6/c25-16(8-14-10-27-12-30-14)22(35)29-11-21(34)31-18(5-6-20(26)33)23(36)32-19(24(37)38)7-13-9-28-17-4-2-1-3-15(13)17/h1-4,9-10,12,16,18-19,28H,5-8,11,25H2,(H2,26,33)(H,27,30)(H,29,35)(H,31,34)(H,32,36)(H,37,38). The van der Waals surface area contributed by atoms with Crippen LogP contribution in [0.5, 0.6) is 0 Å². The number of primary amides is 1. The molecule has 3 unspecified atom stereocenters. The third-order valence-corrected chi connectivity index (χ3v) is 5.80. The van der Waals surface area contributed by atoms with Gasteiger partial charge in [0, 0.05) is 48.3 Å². The number of nitrogens with zero attached hydrogens (tertiary/aromatic N) is 1. The van der Waals surface area contributed by atoms with Crippen LogP contribution in [0.1, 0.15) is 24.1 Å². The van der Waals surface area contributed by atoms with Crippen molar-refractivity contribution in [1.29, 1.82) is 0 Å². The lowest BCUT2D eigenvalue weighted by molar-refractivity contribution is -0.142. The molecule has 2 heterocycles. The van der Waals surface area contributed by atoms with Crippen LogP contribution in [0, 0.1) is 0 Å². The number of carbonyl (C=O) groups excluding carboxylic acids is 4. The number of aliphatic carboxylic acids is 1. The van der Waals surface area contributed by atoms with Gasteiger partial charge in [0.25, 0.3) is 0 Å². The number of para-hydroxylation sites is 1. The number of H-pyrrole nitrogens is 2. The number of hydrogen-bond acceptors (Lipinski definition) is 7. The molecule has 0 bridgehead atoms. The summed E-state index contributed by atoms with van der Waals surface area (Å²) in [6.45, 7) is -0.493. The molecule has 0 spiro atoms. The number of carboxylic acids is 1. The number of carbonyl (C=O) groups is 5. The van der Waals surface area contributed by atoms with Gasteiger partial charge >= 0.3 is 5.97 Å². The van der Waals surface area contributed by atoms with Gasteiger partial charge in [0.1, 0.15) is 12.1 Å². The molecule has 3 atom stereocenters. The fourth-order valence-electron chi connectivity index (χ4n) is 3.82. The monoisotopic (exact) mass is 526 g/mol. The Morgan fingerprint density at radius 1 is 1.00 bits per heavy atom. The van der Waals surface area contributed by atoms with Gasteiger partial charge in [-0.15, -0.1) is 0 Å². The highest BCUT2D eigenvalue weighted by Gasteiger charge is 2.28. The Hall–Kier alpha value is -4.72. The highest BCUT2D eigenvalue weighted by Crippen LogP contribution is 2.19. The normalized spacial score (nSPS) is 13.3. The van der Waals surface area contributed by atoms with Gasteiger partial charge in [-0.05, 0) is 18.1 Å². The van der Waals surface area contributed by atoms with Crippen LogP contribution >= 0.6 is 0 Å². The summed E-state index contributed by atoms with van der Waals surface area (Å²) >= 11 is 0. The number of aromatic nitrogens is 3. The van der Waals surface area contributed by atoms with E-state index in [0.29, 0.717) is 11.3 Å². The second-order valence-electron chi connectivity index (χ2n) is 8.69. The van der Waals surface area contributed by atoms with E-state index in [4.69, 9.17) is 11.5 Å². The Morgan fingerprint density at radius 2 is 1.76 bits per heavy atom. The van der Waals surface area contributed by atoms with Crippen LogP contribution in [0.4, 0.5) is 0 Å². The molecular weight excluding hydrogens is 496 g/mol. The summed E-state index contributed by atoms with van der Waals surface area (Å²) in [5.41, 5.74) is 13.2. The van der Waals surface area contributed by atoms with E-state index in [0.717, 1.165) is 10.9 Å². The van der Waals surface area contributed by atoms with Gasteiger partial charge in [-0.2, -0.15) is 0 Å². The topological polar surface area (TPSA) is 238 Å². The summed E-state index contributed by atoms with van der Waals surface area (Å²) in [5, 5.41) is 17.7. The van der Waals surface area contributed by atoms with E-state index in [2.05, 4.69) is 30.9 Å². The molecule has 0 fully saturated rings. The molecule has 202 valence electrons. The number of aromatic amines is 2. The second kappa shape index (κ2) is 13.0. The molecule has 10 N–H and O–H groups in total. The van der Waals surface area contributed by atoms with Crippen molar-refractivity contribution < 1.29 is 29.1 Å². The van der Waals surface area contributed by atoms with Gasteiger partial charge in [0.2, 0.25) is 23.6 Å². The number of amides is 4. The highest BCUT2D eigenvalue weighted by molar-refractivity contribution is 5.93. The van der Waals surface area contributed by atoms with Crippen molar-refractivity contribution in [2.45, 2.75) is 43.8 Å². The second-order valence-corrected chi connectivity index (χ2v) is 8.69. The van der Waals surface area contributed by atoms with Crippen LogP contribution in [0.3, 0.4) is 0 Å². The van der Waals surface area contributed by atoms with E-state index in [1.165, 1.54) is 12.5 Å². The minimum Gasteiger partial charge on any atom is -0.480 e. The van der Waals surface area contributed by atoms with Gasteiger partial charge in [0.05, 0.1) is 18.9 Å². The summed E-state index contributed by atoms with van der Waals surface area (Å²) < 4.78 is 0. The maximum Gasteiger partial charge on any atom is 0.326 e. The molecule has 0 saturated carbocycles. The number of carboxylic acid groups (broad SMARTS) is 1. The number of nitrogens with two attached hydrogens (primary N) is 2. The molecule has 1 aromatic carbocycles. The van der Waals surface area contributed by atoms with Crippen LogP contribution < -0.4 is 27.4 Å². The predicted octanol–water partition coefficient (Wildman–Crippen LogP) is -1.56. The van der Waals surface area contributed by atoms with Crippen molar-refractivity contribution in [2.75, 3.05) is 6.54 Å². The molecule has 14 nitrogen and oxygen atoms in total. The number of imidazole rings is 1. The lowest BCUT2D eigenvalue weighted by Gasteiger charge is -2.21. The predicted molar refractivity (Wildman–Crippen MR) is 135 cm³/mol. The first-order valence-electron chi connectivity index (χ1n) is 11.8. The van der Waals surface area contributed by atoms with Crippen molar-refractivity contribution in [2.24, 2.45) is 11.5 Å². The number of nitrogens with one attached hydrogen (secondary N) is 5. The van der Waals surface area contributed by atoms with Gasteiger partial charge in [0.15, 0.2) is 0 Å². The van der Waals surface area contributed by atoms with E-state index in [1.807, 2.05) is 24.3 Å². The number of fused-ring (bicyclic) bond motifs is 1. The fourth-order valence-corrected chi connectivity index (χ4v) is 3.82. The van der Waals surface area contributed by atoms with Crippen molar-refractivity contribution >= 4 is 40.5 Å². The fraction of sp³-hybridized carbons (Fsp3) is 0.333. The number of hydrogen-bond donors (Lipinski definition) is 8. The average Bonchev–Trinajstić information content (AvgIpc) is 3.54. The summed E-state index contributed by atoms with van der Waals surface area (Å²) in [5.74, 6) is -4.13. The lowest BCUT2D eigenvalue weighted by atomic mass is 10.0. The Kier molecular flexibility index (Phi) is 9.54. The van der Waals surface area contributed by atoms with Crippen LogP contribution in [0.25, 0.3) is 10.9 Å². The first-order valence-corrected chi connectivity index (χ1v) is 11.8. The molecule has 0 aliphatic carbocycles. The maximum atomic E-state index is 13.0. The number of rotatable bonds is 14. The zero-order valence-corrected chi connectivity index (χ0v) is 20.4. The first-order chi connectivity index (χ1) is 18.1. The Balaban J connectivity index is 1.60. The minimum atomic E-state index is -1.31. The van der Waals surface area contributed by atoms with Crippen molar-refractivity contribution in [3.63, 3.8) is 0 Å². The number of benzene rings is 1. The maximum absolute atomic E-state index is 13.0. The molecule has 38 heavy (non-hydrogen) atoms. The molecule has 14 heteroatoms. The molecular formula is C24H30N8O6. The minimum absolute atomic E-state index is 0.0220. The van der Waals surface area contributed by atoms with Crippen LogP contribution in [0.15, 0.2) is 43.0 Å². The van der Waals surface area contributed by atoms with E-state index in [9.17, 15) is 29.1 Å². The smallest absolute Gasteiger partial charge is 0.326 e. The van der Waals surface area contributed by atoms with E-state index < -0.39 is 54.3 Å². The molecule has 0 radical (unpaired) electrons. The van der Waals surface area contributed by atoms with Gasteiger partial charge < -0.3 is 42.5 Å². The highest BCUT2D eigenvalue weighted by atomic mass is 16.4. The zero-order chi connectivity index (χ0) is 27.7. The van der Waals surface area contributed by atoms with Crippen LogP contribution in [-0.4, -0.2) is 74.3 Å². The van der Waals surface area contributed by atoms with Crippen molar-refractivity contribution in [3.8, 4) is 0 Å². The van der Waals surface area contributed by atoms with E-state index >= 15 is 0 Å². The van der Waals surface area contributed by atoms with Crippen molar-refractivity contribution in [3.05, 3.63) is 54.2 Å². The molecule has 2 aromatic heterocycles. The molecule has 0 aliphatic heterocycles. The third kappa shape index (κ3) is 7.89. The Labute approximate surface area is 216 Å². The van der Waals surface area contributed by atoms with Crippen molar-refractivity contribution in [1.82, 2.24) is 30.9 Å². The van der Waals surface area contributed by atoms with Gasteiger partial charge in [-0.1, -0.05) is 18.2 Å². The summed E-state index contributed by atoms with van der Waals surface area (Å²) in [7, 11) is 0. The lowest BCUT2D eigenvalue weighted by Crippen LogP contribution is -2.54. The molecule has 4 amide bonds. The Morgan fingerprint density at radius 3 is 2.45 bits per heavy atom. The molecule has 3 rings (SSSR count). The van der Waals surface area contributed by atoms with E-state index in [1.54, 1.807) is 6.20 Å². The van der Waals surface area contributed by atoms with Crippen LogP contribution in [-0.2, 0) is 36.8 Å². The molecule has 3 aromatic rings. The SMILES string of the molecule is NC(=O)CCC(NC(=O)CNC(=O)C(N)Cc1cnc[nH]1)C(=O)NC(Cc1c[nH]c2ccccc12)C(=O)O. The summed E-state index contributed by atoms with van der Waals surface area (Å²) in [4.78, 5) is 70.6. The van der Waals surface area contributed by atoms with E-state index in [-0.39, 0.29) is 25.7 Å². The average molecular weight is 527 g/mol. The summed E-state index contributed by atoms with van der Waals surface area (Å²) in [6, 6.07) is 3.79. The Bertz CT molecular complexity index is 1290. The summed E-state index contributed by atoms with van der Waals surface area (Å²) in [6.07, 6.45) is 4.37. The van der Waals surface area contributed by atoms with Gasteiger partial charge in [-0.25, -0.2) is 9.78 Å². The third-order valence-electron chi connectivity index (χ3n) is 5.80. The quantitative estimate of drug-likeness (QED) is 0.122. The molecule has 0 saturated heterocycles.